The van der Waals surface area contributed by atoms with Crippen molar-refractivity contribution >= 4 is 40.7 Å². The highest BCUT2D eigenvalue weighted by Gasteiger charge is 2.12. The number of hydrogen-bond acceptors (Lipinski definition) is 3. The normalized spacial score (nSPS) is 10.3. The van der Waals surface area contributed by atoms with E-state index in [2.05, 4.69) is 16.0 Å². The number of anilines is 2. The van der Waals surface area contributed by atoms with Crippen molar-refractivity contribution in [1.82, 2.24) is 5.32 Å². The molecule has 3 amide bonds. The van der Waals surface area contributed by atoms with Gasteiger partial charge in [-0.15, -0.1) is 0 Å². The third kappa shape index (κ3) is 6.31. The van der Waals surface area contributed by atoms with Gasteiger partial charge in [0.2, 0.25) is 11.8 Å². The van der Waals surface area contributed by atoms with Gasteiger partial charge in [-0.25, -0.2) is 8.78 Å². The molecule has 0 radical (unpaired) electrons. The van der Waals surface area contributed by atoms with E-state index < -0.39 is 17.5 Å². The minimum atomic E-state index is -0.951. The zero-order valence-electron chi connectivity index (χ0n) is 14.9. The molecule has 2 rings (SSSR count). The second kappa shape index (κ2) is 9.80. The van der Waals surface area contributed by atoms with E-state index in [-0.39, 0.29) is 35.4 Å². The zero-order valence-corrected chi connectivity index (χ0v) is 15.7. The van der Waals surface area contributed by atoms with Crippen LogP contribution in [0.2, 0.25) is 5.02 Å². The Hall–Kier alpha value is -3.00. The Bertz CT molecular complexity index is 906. The largest absolute Gasteiger partial charge is 0.352 e. The molecule has 0 saturated heterocycles. The number of carbonyl (C=O) groups is 3. The van der Waals surface area contributed by atoms with Gasteiger partial charge < -0.3 is 16.0 Å². The lowest BCUT2D eigenvalue weighted by atomic mass is 10.2. The van der Waals surface area contributed by atoms with Gasteiger partial charge in [0.25, 0.3) is 5.91 Å². The fourth-order valence-corrected chi connectivity index (χ4v) is 2.56. The molecule has 0 aliphatic heterocycles. The Morgan fingerprint density at radius 3 is 2.43 bits per heavy atom. The van der Waals surface area contributed by atoms with Crippen LogP contribution in [0.25, 0.3) is 0 Å². The summed E-state index contributed by atoms with van der Waals surface area (Å²) in [5, 5.41) is 7.93. The standard InChI is InChI=1S/C19H18ClF2N3O3/c1-11(26)24-13-5-7-17(15(20)10-13)25-18(27)3-2-8-23-19(28)14-6-4-12(21)9-16(14)22/h4-7,9-10H,2-3,8H2,1H3,(H,23,28)(H,24,26)(H,25,27). The topological polar surface area (TPSA) is 87.3 Å². The van der Waals surface area contributed by atoms with Crippen LogP contribution in [0.3, 0.4) is 0 Å². The molecule has 0 aliphatic rings. The molecular formula is C19H18ClF2N3O3. The third-order valence-corrected chi connectivity index (χ3v) is 3.92. The molecule has 0 unspecified atom stereocenters. The van der Waals surface area contributed by atoms with Gasteiger partial charge >= 0.3 is 0 Å². The van der Waals surface area contributed by atoms with E-state index in [0.29, 0.717) is 23.9 Å². The van der Waals surface area contributed by atoms with Crippen LogP contribution in [0.15, 0.2) is 36.4 Å². The quantitative estimate of drug-likeness (QED) is 0.609. The molecule has 2 aromatic rings. The summed E-state index contributed by atoms with van der Waals surface area (Å²) < 4.78 is 26.4. The molecule has 6 nitrogen and oxygen atoms in total. The van der Waals surface area contributed by atoms with Gasteiger partial charge in [0.1, 0.15) is 11.6 Å². The Morgan fingerprint density at radius 1 is 1.04 bits per heavy atom. The molecule has 3 N–H and O–H groups in total. The monoisotopic (exact) mass is 409 g/mol. The highest BCUT2D eigenvalue weighted by atomic mass is 35.5. The average Bonchev–Trinajstić information content (AvgIpc) is 2.60. The van der Waals surface area contributed by atoms with E-state index in [1.807, 2.05) is 0 Å². The first-order valence-electron chi connectivity index (χ1n) is 8.36. The number of hydrogen-bond donors (Lipinski definition) is 3. The highest BCUT2D eigenvalue weighted by Crippen LogP contribution is 2.25. The first kappa shape index (κ1) is 21.3. The van der Waals surface area contributed by atoms with Crippen LogP contribution in [0.4, 0.5) is 20.2 Å². The number of carbonyl (C=O) groups excluding carboxylic acids is 3. The van der Waals surface area contributed by atoms with Crippen LogP contribution < -0.4 is 16.0 Å². The minimum absolute atomic E-state index is 0.0932. The summed E-state index contributed by atoms with van der Waals surface area (Å²) in [5.41, 5.74) is 0.626. The van der Waals surface area contributed by atoms with E-state index in [0.717, 1.165) is 12.1 Å². The number of halogens is 3. The first-order chi connectivity index (χ1) is 13.3. The molecule has 0 heterocycles. The summed E-state index contributed by atoms with van der Waals surface area (Å²) in [4.78, 5) is 34.8. The molecule has 2 aromatic carbocycles. The van der Waals surface area contributed by atoms with Gasteiger partial charge in [-0.3, -0.25) is 14.4 Å². The molecule has 28 heavy (non-hydrogen) atoms. The summed E-state index contributed by atoms with van der Waals surface area (Å²) in [6, 6.07) is 7.34. The van der Waals surface area contributed by atoms with Crippen LogP contribution in [-0.2, 0) is 9.59 Å². The molecular weight excluding hydrogens is 392 g/mol. The number of rotatable bonds is 7. The molecule has 0 atom stereocenters. The maximum atomic E-state index is 13.5. The molecule has 0 bridgehead atoms. The summed E-state index contributed by atoms with van der Waals surface area (Å²) >= 11 is 6.07. The van der Waals surface area contributed by atoms with Gasteiger partial charge in [-0.2, -0.15) is 0 Å². The maximum absolute atomic E-state index is 13.5. The third-order valence-electron chi connectivity index (χ3n) is 3.61. The molecule has 0 aliphatic carbocycles. The maximum Gasteiger partial charge on any atom is 0.254 e. The van der Waals surface area contributed by atoms with E-state index >= 15 is 0 Å². The minimum Gasteiger partial charge on any atom is -0.352 e. The van der Waals surface area contributed by atoms with Crippen molar-refractivity contribution < 1.29 is 23.2 Å². The summed E-state index contributed by atoms with van der Waals surface area (Å²) in [6.45, 7) is 1.51. The van der Waals surface area contributed by atoms with Crippen LogP contribution >= 0.6 is 11.6 Å². The van der Waals surface area contributed by atoms with E-state index in [1.54, 1.807) is 12.1 Å². The van der Waals surface area contributed by atoms with Crippen molar-refractivity contribution in [3.63, 3.8) is 0 Å². The van der Waals surface area contributed by atoms with Crippen LogP contribution in [0.5, 0.6) is 0 Å². The highest BCUT2D eigenvalue weighted by molar-refractivity contribution is 6.34. The molecule has 148 valence electrons. The Balaban J connectivity index is 1.78. The molecule has 0 saturated carbocycles. The van der Waals surface area contributed by atoms with Gasteiger partial charge in [0, 0.05) is 31.6 Å². The number of nitrogens with one attached hydrogen (secondary N) is 3. The van der Waals surface area contributed by atoms with Crippen molar-refractivity contribution in [2.45, 2.75) is 19.8 Å². The summed E-state index contributed by atoms with van der Waals surface area (Å²) in [6.07, 6.45) is 0.401. The number of amides is 3. The molecule has 9 heteroatoms. The predicted molar refractivity (Wildman–Crippen MR) is 102 cm³/mol. The molecule has 0 spiro atoms. The van der Waals surface area contributed by atoms with Crippen LogP contribution in [0, 0.1) is 11.6 Å². The molecule has 0 aromatic heterocycles. The smallest absolute Gasteiger partial charge is 0.254 e. The second-order valence-corrected chi connectivity index (χ2v) is 6.31. The Kier molecular flexibility index (Phi) is 7.45. The second-order valence-electron chi connectivity index (χ2n) is 5.91. The van der Waals surface area contributed by atoms with Crippen molar-refractivity contribution in [3.8, 4) is 0 Å². The van der Waals surface area contributed by atoms with Crippen molar-refractivity contribution in [2.75, 3.05) is 17.2 Å². The van der Waals surface area contributed by atoms with Gasteiger partial charge in [0.05, 0.1) is 16.3 Å². The van der Waals surface area contributed by atoms with Gasteiger partial charge in [0.15, 0.2) is 0 Å². The molecule has 0 fully saturated rings. The predicted octanol–water partition coefficient (Wildman–Crippen LogP) is 3.73. The SMILES string of the molecule is CC(=O)Nc1ccc(NC(=O)CCCNC(=O)c2ccc(F)cc2F)c(Cl)c1. The van der Waals surface area contributed by atoms with Crippen molar-refractivity contribution in [2.24, 2.45) is 0 Å². The number of benzene rings is 2. The van der Waals surface area contributed by atoms with E-state index in [4.69, 9.17) is 11.6 Å². The Labute approximate surface area is 165 Å². The lowest BCUT2D eigenvalue weighted by molar-refractivity contribution is -0.116. The van der Waals surface area contributed by atoms with Crippen LogP contribution in [0.1, 0.15) is 30.1 Å². The fourth-order valence-electron chi connectivity index (χ4n) is 2.33. The lowest BCUT2D eigenvalue weighted by Crippen LogP contribution is -2.26. The fraction of sp³-hybridized carbons (Fsp3) is 0.211. The van der Waals surface area contributed by atoms with Crippen molar-refractivity contribution in [3.05, 3.63) is 58.6 Å². The average molecular weight is 410 g/mol. The summed E-state index contributed by atoms with van der Waals surface area (Å²) in [7, 11) is 0. The Morgan fingerprint density at radius 2 is 1.79 bits per heavy atom. The lowest BCUT2D eigenvalue weighted by Gasteiger charge is -2.10. The van der Waals surface area contributed by atoms with Gasteiger partial charge in [-0.05, 0) is 36.8 Å². The first-order valence-corrected chi connectivity index (χ1v) is 8.74. The van der Waals surface area contributed by atoms with Crippen LogP contribution in [-0.4, -0.2) is 24.3 Å². The zero-order chi connectivity index (χ0) is 20.7. The van der Waals surface area contributed by atoms with Crippen molar-refractivity contribution in [1.29, 1.82) is 0 Å². The van der Waals surface area contributed by atoms with Gasteiger partial charge in [-0.1, -0.05) is 11.6 Å². The summed E-state index contributed by atoms with van der Waals surface area (Å²) in [5.74, 6) is -2.97. The van der Waals surface area contributed by atoms with E-state index in [1.165, 1.54) is 13.0 Å². The van der Waals surface area contributed by atoms with E-state index in [9.17, 15) is 23.2 Å².